The molecular formula is C43H46ClFN2O6. The van der Waals surface area contributed by atoms with Gasteiger partial charge in [0, 0.05) is 53.8 Å². The summed E-state index contributed by atoms with van der Waals surface area (Å²) >= 11 is 6.08. The van der Waals surface area contributed by atoms with Crippen LogP contribution in [0.3, 0.4) is 0 Å². The van der Waals surface area contributed by atoms with Crippen molar-refractivity contribution in [1.29, 1.82) is 0 Å². The molecule has 4 aromatic carbocycles. The van der Waals surface area contributed by atoms with Crippen molar-refractivity contribution in [2.75, 3.05) is 59.4 Å². The summed E-state index contributed by atoms with van der Waals surface area (Å²) in [6.45, 7) is 5.43. The van der Waals surface area contributed by atoms with Crippen LogP contribution in [0, 0.1) is 5.82 Å². The molecule has 0 spiro atoms. The number of hydrogen-bond donors (Lipinski definition) is 2. The Morgan fingerprint density at radius 2 is 1.42 bits per heavy atom. The molecule has 0 saturated heterocycles. The van der Waals surface area contributed by atoms with Crippen LogP contribution in [0.2, 0.25) is 5.02 Å². The number of carbonyl (C=O) groups excluding carboxylic acids is 1. The Morgan fingerprint density at radius 1 is 0.736 bits per heavy atom. The molecule has 8 nitrogen and oxygen atoms in total. The molecule has 0 aliphatic rings. The van der Waals surface area contributed by atoms with Gasteiger partial charge in [0.15, 0.2) is 5.78 Å². The van der Waals surface area contributed by atoms with Crippen LogP contribution >= 0.6 is 11.6 Å². The van der Waals surface area contributed by atoms with Gasteiger partial charge in [0.2, 0.25) is 0 Å². The monoisotopic (exact) mass is 740 g/mol. The average molecular weight is 741 g/mol. The number of H-pyrrole nitrogens is 1. The molecule has 6 rings (SSSR count). The number of aryl methyl sites for hydroxylation is 2. The normalized spacial score (nSPS) is 11.6. The highest BCUT2D eigenvalue weighted by Gasteiger charge is 2.19. The lowest BCUT2D eigenvalue weighted by atomic mass is 9.99. The summed E-state index contributed by atoms with van der Waals surface area (Å²) in [7, 11) is 0. The summed E-state index contributed by atoms with van der Waals surface area (Å²) < 4.78 is 41.8. The lowest BCUT2D eigenvalue weighted by Crippen LogP contribution is -2.20. The second-order valence-corrected chi connectivity index (χ2v) is 13.2. The minimum atomic E-state index is -0.218. The first-order valence-electron chi connectivity index (χ1n) is 18.2. The number of Topliss-reactive ketones (excluding diaryl/α,β-unsaturated/α-hetero) is 1. The van der Waals surface area contributed by atoms with Crippen molar-refractivity contribution in [3.8, 4) is 11.3 Å². The van der Waals surface area contributed by atoms with Crippen LogP contribution in [0.5, 0.6) is 0 Å². The molecule has 53 heavy (non-hydrogen) atoms. The van der Waals surface area contributed by atoms with Crippen LogP contribution in [0.1, 0.15) is 40.1 Å². The standard InChI is InChI=1S/C43H46ClFN2O6/c44-35-14-12-33(13-15-35)43-42(38-4-1-2-5-39(38)47-43)40(48)6-3-20-49-22-24-51-26-27-52-25-23-50-21-19-46-30-32-7-11-34-29-37(53-41(34)28-32)18-10-31-8-16-36(45)17-9-31/h1-2,4-5,7-9,11-17,28-29,46-47H,3,6,10,18-27,30H2. The number of para-hydroxylation sites is 1. The van der Waals surface area contributed by atoms with Gasteiger partial charge in [0.05, 0.1) is 57.5 Å². The number of carbonyl (C=O) groups is 1. The van der Waals surface area contributed by atoms with Crippen molar-refractivity contribution < 1.29 is 32.5 Å². The van der Waals surface area contributed by atoms with Gasteiger partial charge in [-0.15, -0.1) is 0 Å². The fraction of sp³-hybridized carbons (Fsp3) is 0.326. The van der Waals surface area contributed by atoms with Crippen LogP contribution in [0.25, 0.3) is 33.1 Å². The van der Waals surface area contributed by atoms with Gasteiger partial charge in [-0.25, -0.2) is 4.39 Å². The molecule has 0 bridgehead atoms. The van der Waals surface area contributed by atoms with Crippen LogP contribution < -0.4 is 5.32 Å². The molecule has 2 aromatic heterocycles. The lowest BCUT2D eigenvalue weighted by Gasteiger charge is -2.08. The van der Waals surface area contributed by atoms with Crippen molar-refractivity contribution in [3.05, 3.63) is 130 Å². The van der Waals surface area contributed by atoms with Crippen molar-refractivity contribution in [3.63, 3.8) is 0 Å². The second-order valence-electron chi connectivity index (χ2n) is 12.8. The molecular weight excluding hydrogens is 695 g/mol. The van der Waals surface area contributed by atoms with Gasteiger partial charge in [0.25, 0.3) is 0 Å². The zero-order valence-electron chi connectivity index (χ0n) is 29.8. The molecule has 2 heterocycles. The summed E-state index contributed by atoms with van der Waals surface area (Å²) in [6.07, 6.45) is 2.59. The first-order valence-corrected chi connectivity index (χ1v) is 18.6. The Morgan fingerprint density at radius 3 is 2.17 bits per heavy atom. The third-order valence-electron chi connectivity index (χ3n) is 8.89. The van der Waals surface area contributed by atoms with Gasteiger partial charge >= 0.3 is 0 Å². The Kier molecular flexibility index (Phi) is 14.6. The van der Waals surface area contributed by atoms with E-state index in [1.807, 2.05) is 60.7 Å². The summed E-state index contributed by atoms with van der Waals surface area (Å²) in [5, 5.41) is 6.06. The average Bonchev–Trinajstić information content (AvgIpc) is 3.77. The van der Waals surface area contributed by atoms with E-state index in [2.05, 4.69) is 34.6 Å². The minimum absolute atomic E-state index is 0.0831. The predicted octanol–water partition coefficient (Wildman–Crippen LogP) is 8.98. The zero-order valence-corrected chi connectivity index (χ0v) is 30.6. The van der Waals surface area contributed by atoms with E-state index in [-0.39, 0.29) is 11.6 Å². The van der Waals surface area contributed by atoms with E-state index in [1.165, 1.54) is 12.1 Å². The van der Waals surface area contributed by atoms with E-state index in [0.717, 1.165) is 75.9 Å². The fourth-order valence-corrected chi connectivity index (χ4v) is 6.27. The summed E-state index contributed by atoms with van der Waals surface area (Å²) in [5.74, 6) is 0.791. The maximum absolute atomic E-state index is 13.3. The smallest absolute Gasteiger partial charge is 0.165 e. The third kappa shape index (κ3) is 11.6. The zero-order chi connectivity index (χ0) is 36.7. The van der Waals surface area contributed by atoms with Crippen molar-refractivity contribution in [2.45, 2.75) is 32.2 Å². The van der Waals surface area contributed by atoms with Gasteiger partial charge in [-0.1, -0.05) is 66.2 Å². The Balaban J connectivity index is 0.753. The number of ether oxygens (including phenoxy) is 4. The summed E-state index contributed by atoms with van der Waals surface area (Å²) in [5.41, 5.74) is 6.49. The third-order valence-corrected chi connectivity index (χ3v) is 9.14. The second kappa shape index (κ2) is 20.2. The van der Waals surface area contributed by atoms with Gasteiger partial charge in [-0.2, -0.15) is 0 Å². The van der Waals surface area contributed by atoms with Crippen molar-refractivity contribution in [1.82, 2.24) is 10.3 Å². The number of aromatic amines is 1. The molecule has 0 fully saturated rings. The van der Waals surface area contributed by atoms with Crippen molar-refractivity contribution in [2.24, 2.45) is 0 Å². The van der Waals surface area contributed by atoms with E-state index in [1.54, 1.807) is 0 Å². The molecule has 0 aliphatic heterocycles. The SMILES string of the molecule is O=C(CCCOCCOCCOCCOCCNCc1ccc2cc(CCc3ccc(F)cc3)oc2c1)c1c(-c2ccc(Cl)cc2)[nH]c2ccccc12. The maximum Gasteiger partial charge on any atom is 0.165 e. The Bertz CT molecular complexity index is 2030. The number of hydrogen-bond acceptors (Lipinski definition) is 7. The van der Waals surface area contributed by atoms with E-state index < -0.39 is 0 Å². The van der Waals surface area contributed by atoms with E-state index in [4.69, 9.17) is 35.0 Å². The highest BCUT2D eigenvalue weighted by Crippen LogP contribution is 2.32. The first-order chi connectivity index (χ1) is 26.0. The topological polar surface area (TPSA) is 95.0 Å². The molecule has 0 atom stereocenters. The summed E-state index contributed by atoms with van der Waals surface area (Å²) in [6, 6.07) is 30.3. The van der Waals surface area contributed by atoms with Crippen molar-refractivity contribution >= 4 is 39.3 Å². The van der Waals surface area contributed by atoms with E-state index in [0.29, 0.717) is 76.3 Å². The molecule has 0 amide bonds. The molecule has 6 aromatic rings. The molecule has 0 unspecified atom stereocenters. The number of rotatable bonds is 23. The molecule has 0 saturated carbocycles. The predicted molar refractivity (Wildman–Crippen MR) is 207 cm³/mol. The highest BCUT2D eigenvalue weighted by molar-refractivity contribution is 6.30. The van der Waals surface area contributed by atoms with Crippen LogP contribution in [0.15, 0.2) is 101 Å². The highest BCUT2D eigenvalue weighted by atomic mass is 35.5. The molecule has 278 valence electrons. The molecule has 0 radical (unpaired) electrons. The van der Waals surface area contributed by atoms with Gasteiger partial charge in [-0.3, -0.25) is 4.79 Å². The van der Waals surface area contributed by atoms with Crippen LogP contribution in [-0.4, -0.2) is 70.2 Å². The maximum atomic E-state index is 13.3. The van der Waals surface area contributed by atoms with E-state index >= 15 is 0 Å². The number of nitrogens with one attached hydrogen (secondary N) is 2. The number of halogens is 2. The summed E-state index contributed by atoms with van der Waals surface area (Å²) in [4.78, 5) is 16.7. The number of fused-ring (bicyclic) bond motifs is 2. The fourth-order valence-electron chi connectivity index (χ4n) is 6.15. The molecule has 0 aliphatic carbocycles. The van der Waals surface area contributed by atoms with Gasteiger partial charge in [0.1, 0.15) is 17.2 Å². The number of aromatic nitrogens is 1. The van der Waals surface area contributed by atoms with Crippen LogP contribution in [-0.2, 0) is 38.3 Å². The van der Waals surface area contributed by atoms with E-state index in [9.17, 15) is 9.18 Å². The number of benzene rings is 4. The number of ketones is 1. The van der Waals surface area contributed by atoms with Gasteiger partial charge in [-0.05, 0) is 72.0 Å². The first kappa shape index (κ1) is 38.4. The number of furan rings is 1. The Labute approximate surface area is 314 Å². The minimum Gasteiger partial charge on any atom is -0.461 e. The lowest BCUT2D eigenvalue weighted by molar-refractivity contribution is -0.00171. The quantitative estimate of drug-likeness (QED) is 0.0500. The molecule has 2 N–H and O–H groups in total. The Hall–Kier alpha value is -4.35. The van der Waals surface area contributed by atoms with Crippen LogP contribution in [0.4, 0.5) is 4.39 Å². The largest absolute Gasteiger partial charge is 0.461 e. The molecule has 10 heteroatoms. The van der Waals surface area contributed by atoms with Gasteiger partial charge < -0.3 is 33.7 Å².